The van der Waals surface area contributed by atoms with Gasteiger partial charge in [0.2, 0.25) is 0 Å². The van der Waals surface area contributed by atoms with E-state index in [0.29, 0.717) is 27.8 Å². The first-order chi connectivity index (χ1) is 16.1. The molecule has 0 aliphatic rings. The van der Waals surface area contributed by atoms with E-state index in [9.17, 15) is 4.79 Å². The minimum absolute atomic E-state index is 0.214. The third-order valence-electron chi connectivity index (χ3n) is 5.15. The Hall–Kier alpha value is -3.77. The van der Waals surface area contributed by atoms with Crippen LogP contribution in [-0.2, 0) is 4.74 Å². The molecule has 168 valence electrons. The zero-order valence-corrected chi connectivity index (χ0v) is 19.3. The molecule has 0 atom stereocenters. The number of carbonyl (C=O) groups is 1. The summed E-state index contributed by atoms with van der Waals surface area (Å²) in [7, 11) is 3.19. The number of carbonyl (C=O) groups excluding carboxylic acids is 1. The second-order valence-corrected chi connectivity index (χ2v) is 7.55. The molecule has 0 saturated carbocycles. The number of aromatic nitrogens is 2. The van der Waals surface area contributed by atoms with Crippen LogP contribution >= 0.6 is 11.6 Å². The summed E-state index contributed by atoms with van der Waals surface area (Å²) in [5.74, 6) is 0.731. The van der Waals surface area contributed by atoms with E-state index in [1.165, 1.54) is 0 Å². The van der Waals surface area contributed by atoms with Crippen molar-refractivity contribution in [3.8, 4) is 39.6 Å². The summed E-state index contributed by atoms with van der Waals surface area (Å²) in [6.45, 7) is 2.01. The molecule has 0 amide bonds. The fourth-order valence-corrected chi connectivity index (χ4v) is 3.78. The zero-order valence-electron chi connectivity index (χ0n) is 18.5. The van der Waals surface area contributed by atoms with Crippen LogP contribution in [0.2, 0.25) is 5.02 Å². The molecule has 4 rings (SSSR count). The lowest BCUT2D eigenvalue weighted by molar-refractivity contribution is 0.0520. The third-order valence-corrected chi connectivity index (χ3v) is 5.40. The van der Waals surface area contributed by atoms with Gasteiger partial charge in [-0.15, -0.1) is 0 Å². The molecule has 6 nitrogen and oxygen atoms in total. The monoisotopic (exact) mass is 462 g/mol. The third kappa shape index (κ3) is 4.43. The van der Waals surface area contributed by atoms with Crippen LogP contribution < -0.4 is 9.47 Å². The predicted molar refractivity (Wildman–Crippen MR) is 129 cm³/mol. The van der Waals surface area contributed by atoms with Gasteiger partial charge in [-0.3, -0.25) is 0 Å². The van der Waals surface area contributed by atoms with Gasteiger partial charge in [-0.1, -0.05) is 41.9 Å². The summed E-state index contributed by atoms with van der Waals surface area (Å²) in [5.41, 5.74) is 3.85. The highest BCUT2D eigenvalue weighted by Crippen LogP contribution is 2.42. The normalized spacial score (nSPS) is 10.7. The molecular formula is C26H23ClN2O4. The Morgan fingerprint density at radius 1 is 0.970 bits per heavy atom. The van der Waals surface area contributed by atoms with E-state index in [2.05, 4.69) is 0 Å². The smallest absolute Gasteiger partial charge is 0.359 e. The van der Waals surface area contributed by atoms with E-state index in [4.69, 9.17) is 30.9 Å². The van der Waals surface area contributed by atoms with Gasteiger partial charge >= 0.3 is 5.97 Å². The maximum atomic E-state index is 13.0. The number of nitrogens with zero attached hydrogens (tertiary/aromatic N) is 2. The van der Waals surface area contributed by atoms with E-state index in [-0.39, 0.29) is 12.3 Å². The summed E-state index contributed by atoms with van der Waals surface area (Å²) >= 11 is 6.12. The van der Waals surface area contributed by atoms with Gasteiger partial charge in [0.15, 0.2) is 5.69 Å². The highest BCUT2D eigenvalue weighted by molar-refractivity contribution is 6.30. The fraction of sp³-hybridized carbons (Fsp3) is 0.154. The van der Waals surface area contributed by atoms with Crippen molar-refractivity contribution >= 4 is 17.6 Å². The fourth-order valence-electron chi connectivity index (χ4n) is 3.65. The Balaban J connectivity index is 2.10. The van der Waals surface area contributed by atoms with Crippen molar-refractivity contribution in [1.29, 1.82) is 0 Å². The van der Waals surface area contributed by atoms with Gasteiger partial charge in [0.05, 0.1) is 32.2 Å². The number of rotatable bonds is 7. The number of benzene rings is 3. The van der Waals surface area contributed by atoms with Crippen molar-refractivity contribution < 1.29 is 19.0 Å². The van der Waals surface area contributed by atoms with E-state index in [1.807, 2.05) is 54.6 Å². The van der Waals surface area contributed by atoms with Crippen LogP contribution in [-0.4, -0.2) is 36.6 Å². The lowest BCUT2D eigenvalue weighted by atomic mass is 9.97. The average molecular weight is 463 g/mol. The first kappa shape index (κ1) is 22.4. The number of halogens is 1. The van der Waals surface area contributed by atoms with Crippen molar-refractivity contribution in [3.05, 3.63) is 83.5 Å². The summed E-state index contributed by atoms with van der Waals surface area (Å²) < 4.78 is 18.1. The van der Waals surface area contributed by atoms with Gasteiger partial charge in [0.25, 0.3) is 0 Å². The van der Waals surface area contributed by atoms with Crippen LogP contribution in [0.1, 0.15) is 17.4 Å². The number of methoxy groups -OCH3 is 2. The van der Waals surface area contributed by atoms with E-state index >= 15 is 0 Å². The highest BCUT2D eigenvalue weighted by atomic mass is 35.5. The molecule has 33 heavy (non-hydrogen) atoms. The van der Waals surface area contributed by atoms with Crippen LogP contribution in [0.3, 0.4) is 0 Å². The molecule has 0 aliphatic heterocycles. The second kappa shape index (κ2) is 9.79. The second-order valence-electron chi connectivity index (χ2n) is 7.11. The Bertz CT molecular complexity index is 1270. The molecule has 1 heterocycles. The molecule has 0 N–H and O–H groups in total. The number of hydrogen-bond acceptors (Lipinski definition) is 5. The maximum absolute atomic E-state index is 13.0. The molecule has 0 aliphatic carbocycles. The molecule has 4 aromatic rings. The van der Waals surface area contributed by atoms with Crippen molar-refractivity contribution in [2.75, 3.05) is 20.8 Å². The van der Waals surface area contributed by atoms with Crippen LogP contribution in [0.25, 0.3) is 28.1 Å². The van der Waals surface area contributed by atoms with Crippen LogP contribution in [0.5, 0.6) is 11.5 Å². The molecule has 3 aromatic carbocycles. The van der Waals surface area contributed by atoms with Crippen molar-refractivity contribution in [3.63, 3.8) is 0 Å². The van der Waals surface area contributed by atoms with Crippen molar-refractivity contribution in [2.24, 2.45) is 0 Å². The Labute approximate surface area is 197 Å². The molecule has 7 heteroatoms. The average Bonchev–Trinajstić information content (AvgIpc) is 3.25. The molecule has 0 spiro atoms. The van der Waals surface area contributed by atoms with E-state index < -0.39 is 5.97 Å². The number of ether oxygens (including phenoxy) is 3. The van der Waals surface area contributed by atoms with Gasteiger partial charge in [0.1, 0.15) is 11.5 Å². The first-order valence-electron chi connectivity index (χ1n) is 10.4. The Morgan fingerprint density at radius 3 is 2.33 bits per heavy atom. The van der Waals surface area contributed by atoms with Crippen LogP contribution in [0, 0.1) is 0 Å². The van der Waals surface area contributed by atoms with Crippen molar-refractivity contribution in [1.82, 2.24) is 9.78 Å². The molecule has 0 bridgehead atoms. The summed E-state index contributed by atoms with van der Waals surface area (Å²) in [5, 5.41) is 5.31. The quantitative estimate of drug-likeness (QED) is 0.313. The molecule has 0 radical (unpaired) electrons. The number of esters is 1. The first-order valence-corrected chi connectivity index (χ1v) is 10.8. The van der Waals surface area contributed by atoms with Gasteiger partial charge < -0.3 is 14.2 Å². The largest absolute Gasteiger partial charge is 0.497 e. The van der Waals surface area contributed by atoms with Gasteiger partial charge in [0, 0.05) is 22.2 Å². The molecule has 0 saturated heterocycles. The molecular weight excluding hydrogens is 440 g/mol. The van der Waals surface area contributed by atoms with Gasteiger partial charge in [-0.25, -0.2) is 9.48 Å². The lowest BCUT2D eigenvalue weighted by Crippen LogP contribution is -2.07. The van der Waals surface area contributed by atoms with Crippen LogP contribution in [0.15, 0.2) is 72.8 Å². The Morgan fingerprint density at radius 2 is 1.70 bits per heavy atom. The van der Waals surface area contributed by atoms with Crippen molar-refractivity contribution in [2.45, 2.75) is 6.92 Å². The van der Waals surface area contributed by atoms with E-state index in [0.717, 1.165) is 16.8 Å². The molecule has 0 unspecified atom stereocenters. The van der Waals surface area contributed by atoms with Gasteiger partial charge in [-0.2, -0.15) is 5.10 Å². The highest BCUT2D eigenvalue weighted by Gasteiger charge is 2.28. The zero-order chi connectivity index (χ0) is 23.4. The van der Waals surface area contributed by atoms with Gasteiger partial charge in [-0.05, 0) is 48.9 Å². The SMILES string of the molecule is CCOC(=O)c1nn(-c2ccc(Cl)cc2)c(-c2ccc(OC)cc2OC)c1-c1ccccc1. The van der Waals surface area contributed by atoms with E-state index in [1.54, 1.807) is 44.0 Å². The molecule has 0 fully saturated rings. The number of hydrogen-bond donors (Lipinski definition) is 0. The minimum Gasteiger partial charge on any atom is -0.497 e. The lowest BCUT2D eigenvalue weighted by Gasteiger charge is -2.15. The standard InChI is InChI=1S/C26H23ClN2O4/c1-4-33-26(30)24-23(17-8-6-5-7-9-17)25(21-15-14-20(31-2)16-22(21)32-3)29(28-24)19-12-10-18(27)11-13-19/h5-16H,4H2,1-3H3. The maximum Gasteiger partial charge on any atom is 0.359 e. The predicted octanol–water partition coefficient (Wildman–Crippen LogP) is 6.05. The summed E-state index contributed by atoms with van der Waals surface area (Å²) in [6, 6.07) is 22.4. The molecule has 1 aromatic heterocycles. The summed E-state index contributed by atoms with van der Waals surface area (Å²) in [4.78, 5) is 13.0. The topological polar surface area (TPSA) is 62.6 Å². The Kier molecular flexibility index (Phi) is 6.66. The van der Waals surface area contributed by atoms with Crippen LogP contribution in [0.4, 0.5) is 0 Å². The minimum atomic E-state index is -0.502. The summed E-state index contributed by atoms with van der Waals surface area (Å²) in [6.07, 6.45) is 0.